The number of unbranched alkanes of at least 4 members (excludes halogenated alkanes) is 1. The van der Waals surface area contributed by atoms with Gasteiger partial charge in [-0.05, 0) is 43.2 Å². The van der Waals surface area contributed by atoms with Gasteiger partial charge in [0.05, 0.1) is 23.2 Å². The maximum absolute atomic E-state index is 11.0. The number of para-hydroxylation sites is 3. The molecule has 3 aromatic rings. The van der Waals surface area contributed by atoms with Gasteiger partial charge in [-0.1, -0.05) is 24.8 Å². The first-order valence-corrected chi connectivity index (χ1v) is 7.96. The molecule has 0 aliphatic carbocycles. The first-order valence-electron chi connectivity index (χ1n) is 7.96. The number of aromatic nitrogens is 2. The molecule has 5 heteroatoms. The van der Waals surface area contributed by atoms with Crippen molar-refractivity contribution < 1.29 is 9.53 Å². The van der Waals surface area contributed by atoms with Gasteiger partial charge in [-0.3, -0.25) is 4.79 Å². The molecule has 2 aromatic carbocycles. The minimum absolute atomic E-state index is 0.146. The molecular formula is C19H19N3O2. The first kappa shape index (κ1) is 15.9. The number of amides is 1. The van der Waals surface area contributed by atoms with Gasteiger partial charge in [-0.25, -0.2) is 9.97 Å². The highest BCUT2D eigenvalue weighted by Crippen LogP contribution is 2.24. The summed E-state index contributed by atoms with van der Waals surface area (Å²) in [6, 6.07) is 13.6. The maximum atomic E-state index is 11.0. The van der Waals surface area contributed by atoms with E-state index in [1.165, 1.54) is 6.08 Å². The molecule has 0 bridgehead atoms. The molecule has 0 aliphatic rings. The summed E-state index contributed by atoms with van der Waals surface area (Å²) in [5, 5.41) is 2.75. The Balaban J connectivity index is 1.65. The van der Waals surface area contributed by atoms with Gasteiger partial charge >= 0.3 is 0 Å². The van der Waals surface area contributed by atoms with Crippen LogP contribution in [0.2, 0.25) is 0 Å². The van der Waals surface area contributed by atoms with Crippen molar-refractivity contribution in [3.05, 3.63) is 55.1 Å². The molecule has 0 fully saturated rings. The third-order valence-corrected chi connectivity index (χ3v) is 3.65. The van der Waals surface area contributed by atoms with E-state index in [1.54, 1.807) is 0 Å². The van der Waals surface area contributed by atoms with Crippen molar-refractivity contribution in [3.63, 3.8) is 0 Å². The van der Waals surface area contributed by atoms with Gasteiger partial charge in [0.25, 0.3) is 0 Å². The molecule has 122 valence electrons. The highest BCUT2D eigenvalue weighted by atomic mass is 16.5. The van der Waals surface area contributed by atoms with Crippen LogP contribution >= 0.6 is 0 Å². The Morgan fingerprint density at radius 2 is 1.79 bits per heavy atom. The smallest absolute Gasteiger partial charge is 0.243 e. The molecule has 0 radical (unpaired) electrons. The van der Waals surface area contributed by atoms with Crippen LogP contribution in [0, 0.1) is 0 Å². The first-order chi connectivity index (χ1) is 11.8. The topological polar surface area (TPSA) is 64.1 Å². The summed E-state index contributed by atoms with van der Waals surface area (Å²) in [4.78, 5) is 20.3. The fourth-order valence-electron chi connectivity index (χ4n) is 2.43. The Morgan fingerprint density at radius 1 is 1.04 bits per heavy atom. The Bertz CT molecular complexity index is 877. The quantitative estimate of drug-likeness (QED) is 0.412. The average molecular weight is 321 g/mol. The molecule has 0 spiro atoms. The van der Waals surface area contributed by atoms with Crippen LogP contribution in [0.25, 0.3) is 22.1 Å². The van der Waals surface area contributed by atoms with Crippen LogP contribution in [0.3, 0.4) is 0 Å². The summed E-state index contributed by atoms with van der Waals surface area (Å²) in [6.45, 7) is 4.60. The van der Waals surface area contributed by atoms with E-state index in [4.69, 9.17) is 4.74 Å². The zero-order valence-corrected chi connectivity index (χ0v) is 13.4. The second-order valence-electron chi connectivity index (χ2n) is 5.39. The number of carbonyl (C=O) groups excluding carboxylic acids is 1. The Morgan fingerprint density at radius 3 is 2.58 bits per heavy atom. The van der Waals surface area contributed by atoms with E-state index in [0.29, 0.717) is 13.2 Å². The molecule has 1 N–H and O–H groups in total. The van der Waals surface area contributed by atoms with Gasteiger partial charge < -0.3 is 10.1 Å². The summed E-state index contributed by atoms with van der Waals surface area (Å²) in [5.41, 5.74) is 3.33. The van der Waals surface area contributed by atoms with Gasteiger partial charge in [-0.2, -0.15) is 0 Å². The second kappa shape index (κ2) is 7.55. The predicted molar refractivity (Wildman–Crippen MR) is 95.0 cm³/mol. The van der Waals surface area contributed by atoms with Crippen molar-refractivity contribution in [3.8, 4) is 5.75 Å². The largest absolute Gasteiger partial charge is 0.491 e. The van der Waals surface area contributed by atoms with Gasteiger partial charge in [0.2, 0.25) is 5.91 Å². The molecule has 1 amide bonds. The van der Waals surface area contributed by atoms with Crippen LogP contribution in [0.1, 0.15) is 12.8 Å². The number of ether oxygens (including phenoxy) is 1. The lowest BCUT2D eigenvalue weighted by molar-refractivity contribution is -0.116. The minimum atomic E-state index is -0.146. The fourth-order valence-corrected chi connectivity index (χ4v) is 2.43. The normalized spacial score (nSPS) is 10.7. The maximum Gasteiger partial charge on any atom is 0.243 e. The van der Waals surface area contributed by atoms with E-state index in [1.807, 2.05) is 42.5 Å². The summed E-state index contributed by atoms with van der Waals surface area (Å²) in [7, 11) is 0. The molecule has 0 saturated carbocycles. The Kier molecular flexibility index (Phi) is 5.01. The SMILES string of the molecule is C=CC(=O)NCCCCOc1cccc2nc3ccccc3nc12. The number of carbonyl (C=O) groups is 1. The molecule has 1 heterocycles. The third-order valence-electron chi connectivity index (χ3n) is 3.65. The van der Waals surface area contributed by atoms with Gasteiger partial charge in [-0.15, -0.1) is 0 Å². The van der Waals surface area contributed by atoms with Crippen LogP contribution in [0.15, 0.2) is 55.1 Å². The molecule has 0 atom stereocenters. The number of benzene rings is 2. The van der Waals surface area contributed by atoms with Crippen molar-refractivity contribution in [2.24, 2.45) is 0 Å². The summed E-state index contributed by atoms with van der Waals surface area (Å²) < 4.78 is 5.87. The Hall–Kier alpha value is -2.95. The minimum Gasteiger partial charge on any atom is -0.491 e. The molecule has 5 nitrogen and oxygen atoms in total. The van der Waals surface area contributed by atoms with Crippen molar-refractivity contribution >= 4 is 28.0 Å². The summed E-state index contributed by atoms with van der Waals surface area (Å²) >= 11 is 0. The lowest BCUT2D eigenvalue weighted by Gasteiger charge is -2.09. The number of fused-ring (bicyclic) bond motifs is 2. The van der Waals surface area contributed by atoms with E-state index >= 15 is 0 Å². The highest BCUT2D eigenvalue weighted by Gasteiger charge is 2.07. The standard InChI is InChI=1S/C19H19N3O2/c1-2-18(23)20-12-5-6-13-24-17-11-7-10-16-19(17)22-15-9-4-3-8-14(15)21-16/h2-4,7-11H,1,5-6,12-13H2,(H,20,23). The van der Waals surface area contributed by atoms with E-state index in [-0.39, 0.29) is 5.91 Å². The fraction of sp³-hybridized carbons (Fsp3) is 0.211. The zero-order valence-electron chi connectivity index (χ0n) is 13.4. The van der Waals surface area contributed by atoms with Crippen molar-refractivity contribution in [1.29, 1.82) is 0 Å². The predicted octanol–water partition coefficient (Wildman–Crippen LogP) is 3.24. The van der Waals surface area contributed by atoms with Crippen LogP contribution < -0.4 is 10.1 Å². The average Bonchev–Trinajstić information content (AvgIpc) is 2.62. The summed E-state index contributed by atoms with van der Waals surface area (Å²) in [5.74, 6) is 0.591. The molecule has 0 aliphatic heterocycles. The number of nitrogens with zero attached hydrogens (tertiary/aromatic N) is 2. The highest BCUT2D eigenvalue weighted by molar-refractivity contribution is 5.89. The molecule has 0 saturated heterocycles. The summed E-state index contributed by atoms with van der Waals surface area (Å²) in [6.07, 6.45) is 2.96. The number of hydrogen-bond acceptors (Lipinski definition) is 4. The van der Waals surface area contributed by atoms with Crippen LogP contribution in [0.4, 0.5) is 0 Å². The molecule has 3 rings (SSSR count). The van der Waals surface area contributed by atoms with E-state index in [9.17, 15) is 4.79 Å². The Labute approximate surface area is 140 Å². The number of rotatable bonds is 7. The number of nitrogens with one attached hydrogen (secondary N) is 1. The van der Waals surface area contributed by atoms with E-state index < -0.39 is 0 Å². The monoisotopic (exact) mass is 321 g/mol. The van der Waals surface area contributed by atoms with Crippen molar-refractivity contribution in [2.75, 3.05) is 13.2 Å². The van der Waals surface area contributed by atoms with Gasteiger partial charge in [0.15, 0.2) is 0 Å². The van der Waals surface area contributed by atoms with Crippen LogP contribution in [-0.2, 0) is 4.79 Å². The number of hydrogen-bond donors (Lipinski definition) is 1. The van der Waals surface area contributed by atoms with E-state index in [2.05, 4.69) is 21.9 Å². The van der Waals surface area contributed by atoms with Crippen LogP contribution in [0.5, 0.6) is 5.75 Å². The van der Waals surface area contributed by atoms with Gasteiger partial charge in [0, 0.05) is 6.54 Å². The zero-order chi connectivity index (χ0) is 16.8. The molecular weight excluding hydrogens is 302 g/mol. The van der Waals surface area contributed by atoms with Crippen LogP contribution in [-0.4, -0.2) is 29.0 Å². The van der Waals surface area contributed by atoms with Crippen molar-refractivity contribution in [1.82, 2.24) is 15.3 Å². The molecule has 0 unspecified atom stereocenters. The second-order valence-corrected chi connectivity index (χ2v) is 5.39. The van der Waals surface area contributed by atoms with Gasteiger partial charge in [0.1, 0.15) is 11.3 Å². The lowest BCUT2D eigenvalue weighted by atomic mass is 10.2. The lowest BCUT2D eigenvalue weighted by Crippen LogP contribution is -2.22. The van der Waals surface area contributed by atoms with E-state index in [0.717, 1.165) is 40.7 Å². The van der Waals surface area contributed by atoms with Crippen molar-refractivity contribution in [2.45, 2.75) is 12.8 Å². The molecule has 24 heavy (non-hydrogen) atoms. The third kappa shape index (κ3) is 3.68. The molecule has 1 aromatic heterocycles.